The van der Waals surface area contributed by atoms with E-state index in [4.69, 9.17) is 11.5 Å². The molecule has 2 aromatic carbocycles. The van der Waals surface area contributed by atoms with E-state index in [1.54, 1.807) is 0 Å². The molecule has 0 fully saturated rings. The third-order valence-corrected chi connectivity index (χ3v) is 4.10. The van der Waals surface area contributed by atoms with Gasteiger partial charge in [0.25, 0.3) is 0 Å². The Morgan fingerprint density at radius 2 is 1.05 bits per heavy atom. The highest BCUT2D eigenvalue weighted by molar-refractivity contribution is 5.47. The largest absolute Gasteiger partial charge is 0.306 e. The average Bonchev–Trinajstić information content (AvgIpc) is 2.35. The van der Waals surface area contributed by atoms with Crippen molar-refractivity contribution in [2.75, 3.05) is 0 Å². The van der Waals surface area contributed by atoms with Gasteiger partial charge in [0.05, 0.1) is 0 Å². The molecule has 0 amide bonds. The summed E-state index contributed by atoms with van der Waals surface area (Å²) < 4.78 is 0. The predicted molar refractivity (Wildman–Crippen MR) is 81.0 cm³/mol. The minimum Gasteiger partial charge on any atom is -0.306 e. The van der Waals surface area contributed by atoms with Crippen LogP contribution in [-0.4, -0.2) is 0 Å². The molecule has 2 aromatic rings. The lowest BCUT2D eigenvalue weighted by molar-refractivity contribution is 0.559. The minimum absolute atomic E-state index is 0.952. The first-order chi connectivity index (χ1) is 8.85. The van der Waals surface area contributed by atoms with Crippen molar-refractivity contribution in [2.45, 2.75) is 33.4 Å². The summed E-state index contributed by atoms with van der Waals surface area (Å²) in [5.41, 5.74) is 18.7. The van der Waals surface area contributed by atoms with Crippen LogP contribution < -0.4 is 11.5 Å². The van der Waals surface area contributed by atoms with Crippen molar-refractivity contribution < 1.29 is 0 Å². The summed E-state index contributed by atoms with van der Waals surface area (Å²) in [7, 11) is 0. The number of hydrogen-bond donors (Lipinski definition) is 2. The van der Waals surface area contributed by atoms with Gasteiger partial charge in [0.15, 0.2) is 0 Å². The smallest absolute Gasteiger partial charge is 0.117 e. The number of rotatable bonds is 2. The second-order valence-electron chi connectivity index (χ2n) is 5.36. The van der Waals surface area contributed by atoms with Crippen molar-refractivity contribution in [1.29, 1.82) is 0 Å². The quantitative estimate of drug-likeness (QED) is 0.809. The van der Waals surface area contributed by atoms with Gasteiger partial charge in [-0.3, -0.25) is 0 Å². The minimum atomic E-state index is -0.952. The Bertz CT molecular complexity index is 559. The molecule has 0 saturated carbocycles. The van der Waals surface area contributed by atoms with Gasteiger partial charge < -0.3 is 11.5 Å². The van der Waals surface area contributed by atoms with E-state index >= 15 is 0 Å². The number of benzene rings is 2. The van der Waals surface area contributed by atoms with Gasteiger partial charge in [-0.1, -0.05) is 36.4 Å². The van der Waals surface area contributed by atoms with Crippen LogP contribution in [0, 0.1) is 27.7 Å². The Morgan fingerprint density at radius 1 is 0.684 bits per heavy atom. The fraction of sp³-hybridized carbons (Fsp3) is 0.294. The fourth-order valence-electron chi connectivity index (χ4n) is 2.54. The molecule has 0 saturated heterocycles. The van der Waals surface area contributed by atoms with Crippen LogP contribution in [0.3, 0.4) is 0 Å². The Morgan fingerprint density at radius 3 is 1.42 bits per heavy atom. The molecule has 0 aliphatic carbocycles. The molecule has 0 bridgehead atoms. The Labute approximate surface area is 115 Å². The van der Waals surface area contributed by atoms with Gasteiger partial charge in [-0.25, -0.2) is 0 Å². The molecule has 2 heteroatoms. The summed E-state index contributed by atoms with van der Waals surface area (Å²) in [5, 5.41) is 0. The predicted octanol–water partition coefficient (Wildman–Crippen LogP) is 3.04. The highest BCUT2D eigenvalue weighted by atomic mass is 15.0. The summed E-state index contributed by atoms with van der Waals surface area (Å²) in [6.07, 6.45) is 0. The number of hydrogen-bond acceptors (Lipinski definition) is 2. The lowest BCUT2D eigenvalue weighted by Crippen LogP contribution is -2.48. The van der Waals surface area contributed by atoms with Gasteiger partial charge >= 0.3 is 0 Å². The Hall–Kier alpha value is -1.64. The second kappa shape index (κ2) is 4.80. The van der Waals surface area contributed by atoms with Crippen LogP contribution in [0.15, 0.2) is 36.4 Å². The first-order valence-electron chi connectivity index (χ1n) is 6.57. The van der Waals surface area contributed by atoms with Gasteiger partial charge in [0.2, 0.25) is 0 Å². The second-order valence-corrected chi connectivity index (χ2v) is 5.36. The molecule has 100 valence electrons. The third kappa shape index (κ3) is 2.29. The summed E-state index contributed by atoms with van der Waals surface area (Å²) in [6, 6.07) is 12.2. The zero-order valence-electron chi connectivity index (χ0n) is 12.1. The molecule has 19 heavy (non-hydrogen) atoms. The topological polar surface area (TPSA) is 52.0 Å². The zero-order valence-corrected chi connectivity index (χ0v) is 12.1. The van der Waals surface area contributed by atoms with Crippen LogP contribution in [0.25, 0.3) is 0 Å². The van der Waals surface area contributed by atoms with Crippen molar-refractivity contribution >= 4 is 0 Å². The maximum atomic E-state index is 6.48. The summed E-state index contributed by atoms with van der Waals surface area (Å²) in [4.78, 5) is 0. The van der Waals surface area contributed by atoms with Crippen LogP contribution in [0.2, 0.25) is 0 Å². The van der Waals surface area contributed by atoms with E-state index in [1.807, 2.05) is 24.3 Å². The van der Waals surface area contributed by atoms with Crippen LogP contribution in [0.5, 0.6) is 0 Å². The van der Waals surface area contributed by atoms with Crippen LogP contribution in [0.1, 0.15) is 33.4 Å². The highest BCUT2D eigenvalue weighted by Crippen LogP contribution is 2.29. The molecule has 0 aromatic heterocycles. The molecule has 0 heterocycles. The number of aryl methyl sites for hydroxylation is 2. The lowest BCUT2D eigenvalue weighted by Gasteiger charge is -2.30. The molecular weight excluding hydrogens is 232 g/mol. The molecule has 2 rings (SSSR count). The molecule has 0 aliphatic heterocycles. The van der Waals surface area contributed by atoms with Gasteiger partial charge in [-0.05, 0) is 61.1 Å². The van der Waals surface area contributed by atoms with E-state index in [1.165, 1.54) is 11.1 Å². The first kappa shape index (κ1) is 13.8. The molecule has 2 nitrogen and oxygen atoms in total. The molecule has 0 unspecified atom stereocenters. The highest BCUT2D eigenvalue weighted by Gasteiger charge is 2.28. The van der Waals surface area contributed by atoms with E-state index < -0.39 is 5.66 Å². The van der Waals surface area contributed by atoms with Crippen molar-refractivity contribution in [2.24, 2.45) is 11.5 Å². The van der Waals surface area contributed by atoms with E-state index in [9.17, 15) is 0 Å². The van der Waals surface area contributed by atoms with Crippen molar-refractivity contribution in [1.82, 2.24) is 0 Å². The SMILES string of the molecule is Cc1cccc(C(N)(N)c2cccc(C)c2C)c1C. The van der Waals surface area contributed by atoms with Gasteiger partial charge in [-0.2, -0.15) is 0 Å². The van der Waals surface area contributed by atoms with E-state index in [0.29, 0.717) is 0 Å². The fourth-order valence-corrected chi connectivity index (χ4v) is 2.54. The number of nitrogens with two attached hydrogens (primary N) is 2. The summed E-state index contributed by atoms with van der Waals surface area (Å²) in [5.74, 6) is 0. The van der Waals surface area contributed by atoms with E-state index in [2.05, 4.69) is 39.8 Å². The monoisotopic (exact) mass is 254 g/mol. The van der Waals surface area contributed by atoms with Crippen LogP contribution >= 0.6 is 0 Å². The van der Waals surface area contributed by atoms with Crippen LogP contribution in [-0.2, 0) is 5.66 Å². The molecule has 0 atom stereocenters. The molecule has 4 N–H and O–H groups in total. The van der Waals surface area contributed by atoms with E-state index in [0.717, 1.165) is 22.3 Å². The maximum Gasteiger partial charge on any atom is 0.117 e. The Kier molecular flexibility index (Phi) is 3.48. The zero-order chi connectivity index (χ0) is 14.2. The normalized spacial score (nSPS) is 11.7. The Balaban J connectivity index is 2.65. The van der Waals surface area contributed by atoms with Gasteiger partial charge in [-0.15, -0.1) is 0 Å². The van der Waals surface area contributed by atoms with E-state index in [-0.39, 0.29) is 0 Å². The van der Waals surface area contributed by atoms with Gasteiger partial charge in [0, 0.05) is 0 Å². The standard InChI is InChI=1S/C17H22N2/c1-11-7-5-9-15(13(11)3)17(18,19)16-10-6-8-12(2)14(16)4/h5-10H,18-19H2,1-4H3. The lowest BCUT2D eigenvalue weighted by atomic mass is 9.85. The maximum absolute atomic E-state index is 6.48. The molecule has 0 aliphatic rings. The van der Waals surface area contributed by atoms with Crippen molar-refractivity contribution in [3.05, 3.63) is 69.8 Å². The average molecular weight is 254 g/mol. The van der Waals surface area contributed by atoms with Crippen molar-refractivity contribution in [3.63, 3.8) is 0 Å². The summed E-state index contributed by atoms with van der Waals surface area (Å²) >= 11 is 0. The van der Waals surface area contributed by atoms with Gasteiger partial charge in [0.1, 0.15) is 5.66 Å². The summed E-state index contributed by atoms with van der Waals surface area (Å²) in [6.45, 7) is 8.31. The van der Waals surface area contributed by atoms with Crippen molar-refractivity contribution in [3.8, 4) is 0 Å². The van der Waals surface area contributed by atoms with Crippen LogP contribution in [0.4, 0.5) is 0 Å². The third-order valence-electron chi connectivity index (χ3n) is 4.10. The first-order valence-corrected chi connectivity index (χ1v) is 6.57. The molecule has 0 spiro atoms. The molecule has 0 radical (unpaired) electrons. The molecular formula is C17H22N2.